The number of methoxy groups -OCH3 is 1. The third kappa shape index (κ3) is 4.29. The molecule has 19 heavy (non-hydrogen) atoms. The summed E-state index contributed by atoms with van der Waals surface area (Å²) in [5.41, 5.74) is 3.98. The van der Waals surface area contributed by atoms with Crippen molar-refractivity contribution in [3.05, 3.63) is 77.4 Å². The quantitative estimate of drug-likeness (QED) is 0.719. The average Bonchev–Trinajstić information content (AvgIpc) is 2.46. The van der Waals surface area contributed by atoms with Crippen molar-refractivity contribution in [3.63, 3.8) is 0 Å². The molecule has 0 N–H and O–H groups in total. The minimum Gasteiger partial charge on any atom is -0.497 e. The third-order valence-electron chi connectivity index (χ3n) is 3.15. The number of rotatable bonds is 5. The summed E-state index contributed by atoms with van der Waals surface area (Å²) >= 11 is 0. The molecule has 1 heteroatoms. The van der Waals surface area contributed by atoms with Gasteiger partial charge >= 0.3 is 0 Å². The summed E-state index contributed by atoms with van der Waals surface area (Å²) in [7, 11) is 1.69. The molecule has 0 unspecified atom stereocenters. The van der Waals surface area contributed by atoms with Gasteiger partial charge in [-0.2, -0.15) is 0 Å². The van der Waals surface area contributed by atoms with E-state index < -0.39 is 0 Å². The third-order valence-corrected chi connectivity index (χ3v) is 3.15. The van der Waals surface area contributed by atoms with Crippen LogP contribution in [0.5, 0.6) is 5.75 Å². The van der Waals surface area contributed by atoms with Crippen LogP contribution in [0.3, 0.4) is 0 Å². The standard InChI is InChI=1S/C18H20O/c1-15-7-9-16(10-8-15)5-3-4-6-17-11-13-18(19-2)14-12-17/h3-4,7-14H,5-6H2,1-2H3. The topological polar surface area (TPSA) is 9.23 Å². The lowest BCUT2D eigenvalue weighted by Crippen LogP contribution is -1.85. The van der Waals surface area contributed by atoms with E-state index in [1.165, 1.54) is 16.7 Å². The molecular weight excluding hydrogens is 232 g/mol. The molecule has 0 aliphatic rings. The van der Waals surface area contributed by atoms with Gasteiger partial charge in [-0.25, -0.2) is 0 Å². The summed E-state index contributed by atoms with van der Waals surface area (Å²) in [6.07, 6.45) is 6.42. The second-order valence-electron chi connectivity index (χ2n) is 4.71. The molecule has 0 saturated heterocycles. The molecule has 2 rings (SSSR count). The fourth-order valence-corrected chi connectivity index (χ4v) is 1.92. The lowest BCUT2D eigenvalue weighted by atomic mass is 10.1. The van der Waals surface area contributed by atoms with E-state index in [1.54, 1.807) is 7.11 Å². The first kappa shape index (κ1) is 13.4. The summed E-state index contributed by atoms with van der Waals surface area (Å²) in [5.74, 6) is 0.910. The molecular formula is C18H20O. The van der Waals surface area contributed by atoms with E-state index in [9.17, 15) is 0 Å². The van der Waals surface area contributed by atoms with Crippen LogP contribution in [0, 0.1) is 6.92 Å². The van der Waals surface area contributed by atoms with Crippen LogP contribution < -0.4 is 4.74 Å². The van der Waals surface area contributed by atoms with Crippen molar-refractivity contribution in [3.8, 4) is 5.75 Å². The maximum absolute atomic E-state index is 5.14. The highest BCUT2D eigenvalue weighted by atomic mass is 16.5. The van der Waals surface area contributed by atoms with E-state index in [1.807, 2.05) is 12.1 Å². The number of benzene rings is 2. The van der Waals surface area contributed by atoms with Gasteiger partial charge in [-0.1, -0.05) is 54.1 Å². The molecule has 2 aromatic rings. The van der Waals surface area contributed by atoms with Gasteiger partial charge in [0.15, 0.2) is 0 Å². The maximum Gasteiger partial charge on any atom is 0.118 e. The first-order chi connectivity index (χ1) is 9.28. The van der Waals surface area contributed by atoms with Crippen molar-refractivity contribution in [1.29, 1.82) is 0 Å². The zero-order valence-electron chi connectivity index (χ0n) is 11.6. The Hall–Kier alpha value is -2.02. The second-order valence-corrected chi connectivity index (χ2v) is 4.71. The van der Waals surface area contributed by atoms with Crippen LogP contribution in [0.2, 0.25) is 0 Å². The Balaban J connectivity index is 1.84. The van der Waals surface area contributed by atoms with E-state index in [0.717, 1.165) is 18.6 Å². The van der Waals surface area contributed by atoms with Gasteiger partial charge in [0.2, 0.25) is 0 Å². The summed E-state index contributed by atoms with van der Waals surface area (Å²) in [4.78, 5) is 0. The molecule has 0 aliphatic carbocycles. The van der Waals surface area contributed by atoms with Crippen molar-refractivity contribution >= 4 is 0 Å². The Bertz CT molecular complexity index is 521. The van der Waals surface area contributed by atoms with Crippen LogP contribution in [-0.4, -0.2) is 7.11 Å². The maximum atomic E-state index is 5.14. The van der Waals surface area contributed by atoms with E-state index in [2.05, 4.69) is 55.5 Å². The average molecular weight is 252 g/mol. The van der Waals surface area contributed by atoms with Crippen LogP contribution in [-0.2, 0) is 12.8 Å². The number of hydrogen-bond acceptors (Lipinski definition) is 1. The zero-order valence-corrected chi connectivity index (χ0v) is 11.6. The fourth-order valence-electron chi connectivity index (χ4n) is 1.92. The molecule has 0 amide bonds. The fraction of sp³-hybridized carbons (Fsp3) is 0.222. The van der Waals surface area contributed by atoms with Crippen LogP contribution in [0.25, 0.3) is 0 Å². The van der Waals surface area contributed by atoms with Crippen molar-refractivity contribution in [2.45, 2.75) is 19.8 Å². The van der Waals surface area contributed by atoms with Gasteiger partial charge in [-0.15, -0.1) is 0 Å². The number of allylic oxidation sites excluding steroid dienone is 2. The predicted molar refractivity (Wildman–Crippen MR) is 80.7 cm³/mol. The molecule has 0 fully saturated rings. The highest BCUT2D eigenvalue weighted by Crippen LogP contribution is 2.12. The Morgan fingerprint density at radius 1 is 0.789 bits per heavy atom. The van der Waals surface area contributed by atoms with E-state index in [-0.39, 0.29) is 0 Å². The van der Waals surface area contributed by atoms with Gasteiger partial charge < -0.3 is 4.74 Å². The smallest absolute Gasteiger partial charge is 0.118 e. The van der Waals surface area contributed by atoms with Crippen LogP contribution >= 0.6 is 0 Å². The predicted octanol–water partition coefficient (Wildman–Crippen LogP) is 4.35. The summed E-state index contributed by atoms with van der Waals surface area (Å²) in [6, 6.07) is 16.9. The van der Waals surface area contributed by atoms with Gasteiger partial charge in [-0.05, 0) is 43.0 Å². The Labute approximate surface area is 115 Å². The zero-order chi connectivity index (χ0) is 13.5. The number of hydrogen-bond donors (Lipinski definition) is 0. The Morgan fingerprint density at radius 3 is 1.74 bits per heavy atom. The van der Waals surface area contributed by atoms with Crippen molar-refractivity contribution in [2.75, 3.05) is 7.11 Å². The van der Waals surface area contributed by atoms with Gasteiger partial charge in [0.25, 0.3) is 0 Å². The first-order valence-corrected chi connectivity index (χ1v) is 6.61. The molecule has 0 bridgehead atoms. The van der Waals surface area contributed by atoms with Crippen molar-refractivity contribution < 1.29 is 4.74 Å². The van der Waals surface area contributed by atoms with Gasteiger partial charge in [0.05, 0.1) is 7.11 Å². The second kappa shape index (κ2) is 6.79. The number of aryl methyl sites for hydroxylation is 1. The largest absolute Gasteiger partial charge is 0.497 e. The highest BCUT2D eigenvalue weighted by Gasteiger charge is 1.92. The van der Waals surface area contributed by atoms with E-state index in [4.69, 9.17) is 4.74 Å². The lowest BCUT2D eigenvalue weighted by molar-refractivity contribution is 0.414. The van der Waals surface area contributed by atoms with Gasteiger partial charge in [0.1, 0.15) is 5.75 Å². The monoisotopic (exact) mass is 252 g/mol. The van der Waals surface area contributed by atoms with Crippen LogP contribution in [0.4, 0.5) is 0 Å². The lowest BCUT2D eigenvalue weighted by Gasteiger charge is -2.01. The molecule has 0 radical (unpaired) electrons. The molecule has 2 aromatic carbocycles. The minimum absolute atomic E-state index is 0.910. The molecule has 0 saturated carbocycles. The Kier molecular flexibility index (Phi) is 4.79. The van der Waals surface area contributed by atoms with E-state index in [0.29, 0.717) is 0 Å². The summed E-state index contributed by atoms with van der Waals surface area (Å²) in [6.45, 7) is 2.11. The molecule has 98 valence electrons. The SMILES string of the molecule is COc1ccc(CC=CCc2ccc(C)cc2)cc1. The molecule has 0 heterocycles. The molecule has 0 aromatic heterocycles. The first-order valence-electron chi connectivity index (χ1n) is 6.61. The molecule has 0 spiro atoms. The summed E-state index contributed by atoms with van der Waals surface area (Å²) < 4.78 is 5.14. The molecule has 0 atom stereocenters. The molecule has 1 nitrogen and oxygen atoms in total. The van der Waals surface area contributed by atoms with Crippen molar-refractivity contribution in [2.24, 2.45) is 0 Å². The van der Waals surface area contributed by atoms with E-state index >= 15 is 0 Å². The Morgan fingerprint density at radius 2 is 1.26 bits per heavy atom. The van der Waals surface area contributed by atoms with Gasteiger partial charge in [0, 0.05) is 0 Å². The van der Waals surface area contributed by atoms with Crippen LogP contribution in [0.1, 0.15) is 16.7 Å². The molecule has 0 aliphatic heterocycles. The van der Waals surface area contributed by atoms with Gasteiger partial charge in [-0.3, -0.25) is 0 Å². The van der Waals surface area contributed by atoms with Crippen molar-refractivity contribution in [1.82, 2.24) is 0 Å². The van der Waals surface area contributed by atoms with Crippen LogP contribution in [0.15, 0.2) is 60.7 Å². The highest BCUT2D eigenvalue weighted by molar-refractivity contribution is 5.28. The normalized spacial score (nSPS) is 10.8. The minimum atomic E-state index is 0.910. The summed E-state index contributed by atoms with van der Waals surface area (Å²) in [5, 5.41) is 0. The number of ether oxygens (including phenoxy) is 1.